The van der Waals surface area contributed by atoms with Crippen molar-refractivity contribution in [2.75, 3.05) is 19.7 Å². The van der Waals surface area contributed by atoms with Crippen LogP contribution >= 0.6 is 0 Å². The number of likely N-dealkylation sites (tertiary alicyclic amines) is 1. The lowest BCUT2D eigenvalue weighted by Crippen LogP contribution is -2.42. The number of halogens is 1. The number of carbonyl (C=O) groups excluding carboxylic acids is 2. The normalized spacial score (nSPS) is 14.7. The summed E-state index contributed by atoms with van der Waals surface area (Å²) in [6, 6.07) is 15.9. The second kappa shape index (κ2) is 10.2. The molecule has 4 rings (SSSR count). The van der Waals surface area contributed by atoms with Gasteiger partial charge in [0, 0.05) is 41.7 Å². The van der Waals surface area contributed by atoms with Crippen LogP contribution in [0.3, 0.4) is 0 Å². The molecule has 1 aliphatic heterocycles. The number of nitrogens with two attached hydrogens (primary N) is 1. The zero-order valence-electron chi connectivity index (χ0n) is 18.6. The Morgan fingerprint density at radius 3 is 2.56 bits per heavy atom. The quantitative estimate of drug-likeness (QED) is 0.431. The van der Waals surface area contributed by atoms with Gasteiger partial charge in [0.05, 0.1) is 6.54 Å². The number of nitriles is 1. The molecule has 0 atom stereocenters. The van der Waals surface area contributed by atoms with Gasteiger partial charge in [0.15, 0.2) is 11.6 Å². The van der Waals surface area contributed by atoms with Crippen LogP contribution in [0.1, 0.15) is 18.4 Å². The van der Waals surface area contributed by atoms with Gasteiger partial charge in [0.25, 0.3) is 5.91 Å². The number of aromatic nitrogens is 1. The minimum absolute atomic E-state index is 0.0306. The van der Waals surface area contributed by atoms with E-state index in [4.69, 9.17) is 10.5 Å². The highest BCUT2D eigenvalue weighted by Crippen LogP contribution is 2.25. The third-order valence-corrected chi connectivity index (χ3v) is 6.08. The number of primary amides is 1. The first kappa shape index (κ1) is 23.1. The molecule has 0 radical (unpaired) electrons. The van der Waals surface area contributed by atoms with Crippen molar-refractivity contribution in [3.8, 4) is 11.8 Å². The number of para-hydroxylation sites is 2. The summed E-state index contributed by atoms with van der Waals surface area (Å²) in [7, 11) is 0. The van der Waals surface area contributed by atoms with Crippen molar-refractivity contribution in [1.29, 1.82) is 5.26 Å². The molecule has 0 saturated carbocycles. The molecule has 0 spiro atoms. The summed E-state index contributed by atoms with van der Waals surface area (Å²) >= 11 is 0. The number of ether oxygens (including phenoxy) is 1. The molecule has 0 bridgehead atoms. The van der Waals surface area contributed by atoms with E-state index in [1.54, 1.807) is 29.2 Å². The Bertz CT molecular complexity index is 1280. The Balaban J connectivity index is 1.53. The third kappa shape index (κ3) is 4.94. The fourth-order valence-electron chi connectivity index (χ4n) is 4.23. The third-order valence-electron chi connectivity index (χ3n) is 6.08. The van der Waals surface area contributed by atoms with Crippen LogP contribution in [0, 0.1) is 23.1 Å². The fraction of sp³-hybridized carbons (Fsp3) is 0.269. The van der Waals surface area contributed by atoms with E-state index in [1.165, 1.54) is 6.07 Å². The molecule has 7 nitrogen and oxygen atoms in total. The van der Waals surface area contributed by atoms with Gasteiger partial charge in [-0.3, -0.25) is 9.59 Å². The van der Waals surface area contributed by atoms with E-state index < -0.39 is 5.82 Å². The molecule has 2 N–H and O–H groups in total. The molecule has 8 heteroatoms. The summed E-state index contributed by atoms with van der Waals surface area (Å²) in [5, 5.41) is 10.6. The summed E-state index contributed by atoms with van der Waals surface area (Å²) in [6.07, 6.45) is 4.46. The highest BCUT2D eigenvalue weighted by molar-refractivity contribution is 6.04. The van der Waals surface area contributed by atoms with Crippen LogP contribution in [-0.2, 0) is 16.1 Å². The van der Waals surface area contributed by atoms with Gasteiger partial charge in [-0.25, -0.2) is 4.39 Å². The second-order valence-electron chi connectivity index (χ2n) is 8.21. The average molecular weight is 461 g/mol. The van der Waals surface area contributed by atoms with E-state index in [0.29, 0.717) is 32.5 Å². The van der Waals surface area contributed by atoms with Crippen molar-refractivity contribution in [3.05, 3.63) is 71.7 Å². The molecular weight excluding hydrogens is 435 g/mol. The minimum atomic E-state index is -0.416. The highest BCUT2D eigenvalue weighted by atomic mass is 19.1. The molecule has 174 valence electrons. The van der Waals surface area contributed by atoms with Crippen molar-refractivity contribution in [2.24, 2.45) is 11.7 Å². The van der Waals surface area contributed by atoms with Crippen molar-refractivity contribution in [1.82, 2.24) is 9.47 Å². The van der Waals surface area contributed by atoms with E-state index in [1.807, 2.05) is 41.1 Å². The lowest BCUT2D eigenvalue weighted by Gasteiger charge is -2.30. The number of hydrogen-bond donors (Lipinski definition) is 1. The van der Waals surface area contributed by atoms with E-state index in [9.17, 15) is 19.2 Å². The predicted molar refractivity (Wildman–Crippen MR) is 126 cm³/mol. The van der Waals surface area contributed by atoms with Gasteiger partial charge in [0.2, 0.25) is 5.91 Å². The molecule has 1 aromatic heterocycles. The maximum Gasteiger partial charge on any atom is 0.264 e. The van der Waals surface area contributed by atoms with Gasteiger partial charge in [-0.2, -0.15) is 5.26 Å². The standard InChI is InChI=1S/C26H25FN4O3/c27-22-6-2-4-8-24(22)34-14-13-31-17-20(21-5-1-3-7-23(21)31)15-19(16-28)26(33)30-11-9-18(10-12-30)25(29)32/h1-8,15,17-18H,9-14H2,(H2,29,32). The van der Waals surface area contributed by atoms with Crippen LogP contribution in [0.4, 0.5) is 4.39 Å². The number of piperidine rings is 1. The van der Waals surface area contributed by atoms with Gasteiger partial charge in [-0.1, -0.05) is 30.3 Å². The first-order chi connectivity index (χ1) is 16.5. The van der Waals surface area contributed by atoms with Crippen LogP contribution in [-0.4, -0.2) is 41.0 Å². The first-order valence-electron chi connectivity index (χ1n) is 11.1. The summed E-state index contributed by atoms with van der Waals surface area (Å²) in [5.41, 5.74) is 7.05. The van der Waals surface area contributed by atoms with Crippen LogP contribution in [0.15, 0.2) is 60.3 Å². The molecule has 34 heavy (non-hydrogen) atoms. The lowest BCUT2D eigenvalue weighted by molar-refractivity contribution is -0.131. The Morgan fingerprint density at radius 2 is 1.85 bits per heavy atom. The summed E-state index contributed by atoms with van der Waals surface area (Å²) in [6.45, 7) is 1.49. The molecule has 2 aromatic carbocycles. The van der Waals surface area contributed by atoms with E-state index in [-0.39, 0.29) is 35.7 Å². The maximum absolute atomic E-state index is 13.8. The minimum Gasteiger partial charge on any atom is -0.489 e. The Labute approximate surface area is 196 Å². The molecule has 2 heterocycles. The number of carbonyl (C=O) groups is 2. The summed E-state index contributed by atoms with van der Waals surface area (Å²) < 4.78 is 21.4. The Hall–Kier alpha value is -4.12. The van der Waals surface area contributed by atoms with Gasteiger partial charge in [-0.15, -0.1) is 0 Å². The molecule has 1 fully saturated rings. The second-order valence-corrected chi connectivity index (χ2v) is 8.21. The van der Waals surface area contributed by atoms with Gasteiger partial charge >= 0.3 is 0 Å². The molecule has 0 unspecified atom stereocenters. The van der Waals surface area contributed by atoms with Gasteiger partial charge < -0.3 is 19.9 Å². The zero-order valence-corrected chi connectivity index (χ0v) is 18.6. The fourth-order valence-corrected chi connectivity index (χ4v) is 4.23. The average Bonchev–Trinajstić information content (AvgIpc) is 3.20. The van der Waals surface area contributed by atoms with E-state index in [0.717, 1.165) is 16.5 Å². The topological polar surface area (TPSA) is 101 Å². The molecule has 2 amide bonds. The van der Waals surface area contributed by atoms with E-state index in [2.05, 4.69) is 0 Å². The smallest absolute Gasteiger partial charge is 0.264 e. The summed E-state index contributed by atoms with van der Waals surface area (Å²) in [4.78, 5) is 26.0. The largest absolute Gasteiger partial charge is 0.489 e. The van der Waals surface area contributed by atoms with Gasteiger partial charge in [-0.05, 0) is 37.1 Å². The SMILES string of the molecule is N#CC(=Cc1cn(CCOc2ccccc2F)c2ccccc12)C(=O)N1CCC(C(N)=O)CC1. The summed E-state index contributed by atoms with van der Waals surface area (Å²) in [5.74, 6) is -1.17. The first-order valence-corrected chi connectivity index (χ1v) is 11.1. The van der Waals surface area contributed by atoms with Crippen molar-refractivity contribution in [3.63, 3.8) is 0 Å². The van der Waals surface area contributed by atoms with Crippen LogP contribution in [0.2, 0.25) is 0 Å². The number of rotatable bonds is 7. The van der Waals surface area contributed by atoms with Crippen molar-refractivity contribution >= 4 is 28.8 Å². The zero-order chi connectivity index (χ0) is 24.1. The molecule has 0 aliphatic carbocycles. The highest BCUT2D eigenvalue weighted by Gasteiger charge is 2.27. The number of amides is 2. The molecule has 3 aromatic rings. The number of fused-ring (bicyclic) bond motifs is 1. The predicted octanol–water partition coefficient (Wildman–Crippen LogP) is 3.49. The number of hydrogen-bond acceptors (Lipinski definition) is 4. The molecule has 1 saturated heterocycles. The Kier molecular flexibility index (Phi) is 6.93. The van der Waals surface area contributed by atoms with E-state index >= 15 is 0 Å². The lowest BCUT2D eigenvalue weighted by atomic mass is 9.96. The maximum atomic E-state index is 13.8. The van der Waals surface area contributed by atoms with Gasteiger partial charge in [0.1, 0.15) is 18.2 Å². The number of benzene rings is 2. The van der Waals surface area contributed by atoms with Crippen LogP contribution < -0.4 is 10.5 Å². The van der Waals surface area contributed by atoms with Crippen LogP contribution in [0.5, 0.6) is 5.75 Å². The van der Waals surface area contributed by atoms with Crippen LogP contribution in [0.25, 0.3) is 17.0 Å². The van der Waals surface area contributed by atoms with Crippen molar-refractivity contribution in [2.45, 2.75) is 19.4 Å². The van der Waals surface area contributed by atoms with Crippen molar-refractivity contribution < 1.29 is 18.7 Å². The number of nitrogens with zero attached hydrogens (tertiary/aromatic N) is 3. The molecular formula is C26H25FN4O3. The monoisotopic (exact) mass is 460 g/mol. The Morgan fingerprint density at radius 1 is 1.15 bits per heavy atom. The molecule has 1 aliphatic rings.